The van der Waals surface area contributed by atoms with Gasteiger partial charge in [0.05, 0.1) is 30.0 Å². The van der Waals surface area contributed by atoms with Gasteiger partial charge < -0.3 is 10.2 Å². The molecule has 8 nitrogen and oxygen atoms in total. The van der Waals surface area contributed by atoms with Gasteiger partial charge in [-0.15, -0.1) is 0 Å². The van der Waals surface area contributed by atoms with E-state index in [9.17, 15) is 0 Å². The van der Waals surface area contributed by atoms with Crippen LogP contribution in [0, 0.1) is 0 Å². The molecule has 29 heavy (non-hydrogen) atoms. The minimum Gasteiger partial charge on any atom is -0.370 e. The molecule has 1 aliphatic rings. The minimum absolute atomic E-state index is 0.534. The molecule has 0 bridgehead atoms. The molecule has 4 heterocycles. The Morgan fingerprint density at radius 1 is 1.10 bits per heavy atom. The van der Waals surface area contributed by atoms with Crippen LogP contribution in [0.3, 0.4) is 0 Å². The first-order valence-electron chi connectivity index (χ1n) is 9.60. The standard InChI is InChI=1S/C20H22N8S/c1-26-14-17(12-22-26)24-20-21-10-16-11-23-28(19(16)25-20)13-15-3-2-4-18(9-15)27-5-7-29-8-6-27/h2-4,9-12,14H,5-8,13H2,1H3,(H,21,24,25). The van der Waals surface area contributed by atoms with Gasteiger partial charge in [-0.3, -0.25) is 4.68 Å². The number of hydrogen-bond acceptors (Lipinski definition) is 7. The van der Waals surface area contributed by atoms with Crippen LogP contribution in [0.15, 0.2) is 49.1 Å². The molecule has 0 aliphatic carbocycles. The van der Waals surface area contributed by atoms with Crippen molar-refractivity contribution in [1.29, 1.82) is 0 Å². The summed E-state index contributed by atoms with van der Waals surface area (Å²) in [6.07, 6.45) is 7.24. The zero-order chi connectivity index (χ0) is 19.6. The fraction of sp³-hybridized carbons (Fsp3) is 0.300. The van der Waals surface area contributed by atoms with Crippen molar-refractivity contribution in [3.63, 3.8) is 0 Å². The van der Waals surface area contributed by atoms with Gasteiger partial charge in [0.25, 0.3) is 0 Å². The van der Waals surface area contributed by atoms with E-state index in [1.807, 2.05) is 35.9 Å². The van der Waals surface area contributed by atoms with Crippen molar-refractivity contribution >= 4 is 40.1 Å². The summed E-state index contributed by atoms with van der Waals surface area (Å²) >= 11 is 2.02. The zero-order valence-corrected chi connectivity index (χ0v) is 17.0. The number of anilines is 3. The average Bonchev–Trinajstić information content (AvgIpc) is 3.35. The molecule has 0 spiro atoms. The Labute approximate surface area is 172 Å². The summed E-state index contributed by atoms with van der Waals surface area (Å²) in [7, 11) is 1.88. The van der Waals surface area contributed by atoms with Crippen LogP contribution in [0.1, 0.15) is 5.56 Å². The third kappa shape index (κ3) is 3.91. The summed E-state index contributed by atoms with van der Waals surface area (Å²) in [4.78, 5) is 11.5. The predicted octanol–water partition coefficient (Wildman–Crippen LogP) is 2.90. The van der Waals surface area contributed by atoms with Crippen LogP contribution in [0.2, 0.25) is 0 Å². The SMILES string of the molecule is Cn1cc(Nc2ncc3cnn(Cc4cccc(N5CCSCC5)c4)c3n2)cn1. The predicted molar refractivity (Wildman–Crippen MR) is 117 cm³/mol. The van der Waals surface area contributed by atoms with Crippen molar-refractivity contribution in [2.75, 3.05) is 34.8 Å². The first-order chi connectivity index (χ1) is 14.2. The van der Waals surface area contributed by atoms with E-state index in [1.165, 1.54) is 22.8 Å². The van der Waals surface area contributed by atoms with Crippen LogP contribution in [0.5, 0.6) is 0 Å². The highest BCUT2D eigenvalue weighted by Crippen LogP contribution is 2.22. The molecule has 1 saturated heterocycles. The van der Waals surface area contributed by atoms with Crippen molar-refractivity contribution in [3.05, 3.63) is 54.6 Å². The Morgan fingerprint density at radius 2 is 2.00 bits per heavy atom. The maximum absolute atomic E-state index is 4.68. The number of hydrogen-bond donors (Lipinski definition) is 1. The van der Waals surface area contributed by atoms with Crippen LogP contribution >= 0.6 is 11.8 Å². The molecule has 1 aromatic carbocycles. The lowest BCUT2D eigenvalue weighted by molar-refractivity contribution is 0.703. The fourth-order valence-electron chi connectivity index (χ4n) is 3.50. The first kappa shape index (κ1) is 18.0. The molecule has 5 rings (SSSR count). The average molecular weight is 407 g/mol. The van der Waals surface area contributed by atoms with E-state index in [-0.39, 0.29) is 0 Å². The highest BCUT2D eigenvalue weighted by atomic mass is 32.2. The van der Waals surface area contributed by atoms with Gasteiger partial charge in [-0.1, -0.05) is 12.1 Å². The maximum atomic E-state index is 4.68. The number of fused-ring (bicyclic) bond motifs is 1. The smallest absolute Gasteiger partial charge is 0.229 e. The van der Waals surface area contributed by atoms with Crippen LogP contribution in [0.25, 0.3) is 11.0 Å². The second-order valence-electron chi connectivity index (χ2n) is 7.07. The second kappa shape index (κ2) is 7.75. The minimum atomic E-state index is 0.534. The van der Waals surface area contributed by atoms with E-state index >= 15 is 0 Å². The Morgan fingerprint density at radius 3 is 2.83 bits per heavy atom. The molecule has 148 valence electrons. The molecule has 0 atom stereocenters. The maximum Gasteiger partial charge on any atom is 0.229 e. The topological polar surface area (TPSA) is 76.7 Å². The van der Waals surface area contributed by atoms with Gasteiger partial charge in [-0.05, 0) is 17.7 Å². The number of nitrogens with one attached hydrogen (secondary N) is 1. The molecular weight excluding hydrogens is 384 g/mol. The van der Waals surface area contributed by atoms with E-state index in [0.717, 1.165) is 29.8 Å². The van der Waals surface area contributed by atoms with Crippen LogP contribution in [-0.2, 0) is 13.6 Å². The molecule has 0 radical (unpaired) electrons. The third-order valence-electron chi connectivity index (χ3n) is 4.96. The monoisotopic (exact) mass is 406 g/mol. The molecular formula is C20H22N8S. The number of aromatic nitrogens is 6. The van der Waals surface area contributed by atoms with Gasteiger partial charge in [0, 0.05) is 49.7 Å². The summed E-state index contributed by atoms with van der Waals surface area (Å²) in [5, 5.41) is 12.8. The van der Waals surface area contributed by atoms with E-state index < -0.39 is 0 Å². The van der Waals surface area contributed by atoms with Gasteiger partial charge in [-0.2, -0.15) is 26.9 Å². The molecule has 0 saturated carbocycles. The zero-order valence-electron chi connectivity index (χ0n) is 16.2. The van der Waals surface area contributed by atoms with E-state index in [4.69, 9.17) is 0 Å². The lowest BCUT2D eigenvalue weighted by Crippen LogP contribution is -2.32. The van der Waals surface area contributed by atoms with Crippen molar-refractivity contribution < 1.29 is 0 Å². The number of rotatable bonds is 5. The Bertz CT molecular complexity index is 1130. The molecule has 9 heteroatoms. The summed E-state index contributed by atoms with van der Waals surface area (Å²) in [6, 6.07) is 8.73. The fourth-order valence-corrected chi connectivity index (χ4v) is 4.41. The summed E-state index contributed by atoms with van der Waals surface area (Å²) in [5.41, 5.74) is 4.16. The summed E-state index contributed by atoms with van der Waals surface area (Å²) in [6.45, 7) is 2.88. The van der Waals surface area contributed by atoms with Gasteiger partial charge in [0.1, 0.15) is 0 Å². The third-order valence-corrected chi connectivity index (χ3v) is 5.90. The van der Waals surface area contributed by atoms with Crippen LogP contribution < -0.4 is 10.2 Å². The van der Waals surface area contributed by atoms with Gasteiger partial charge in [0.2, 0.25) is 5.95 Å². The summed E-state index contributed by atoms with van der Waals surface area (Å²) in [5.74, 6) is 2.92. The number of benzene rings is 1. The second-order valence-corrected chi connectivity index (χ2v) is 8.30. The molecule has 3 aromatic heterocycles. The Balaban J connectivity index is 1.39. The number of thioether (sulfide) groups is 1. The Kier molecular flexibility index (Phi) is 4.81. The van der Waals surface area contributed by atoms with Crippen molar-refractivity contribution in [3.8, 4) is 0 Å². The molecule has 4 aromatic rings. The summed E-state index contributed by atoms with van der Waals surface area (Å²) < 4.78 is 3.66. The normalized spacial score (nSPS) is 14.4. The molecule has 0 unspecified atom stereocenters. The van der Waals surface area contributed by atoms with E-state index in [2.05, 4.69) is 54.6 Å². The van der Waals surface area contributed by atoms with E-state index in [0.29, 0.717) is 12.5 Å². The Hall–Kier alpha value is -3.07. The van der Waals surface area contributed by atoms with Crippen molar-refractivity contribution in [1.82, 2.24) is 29.5 Å². The lowest BCUT2D eigenvalue weighted by atomic mass is 10.2. The van der Waals surface area contributed by atoms with E-state index in [1.54, 1.807) is 17.1 Å². The molecule has 1 N–H and O–H groups in total. The van der Waals surface area contributed by atoms with Crippen molar-refractivity contribution in [2.24, 2.45) is 7.05 Å². The van der Waals surface area contributed by atoms with Gasteiger partial charge >= 0.3 is 0 Å². The highest BCUT2D eigenvalue weighted by Gasteiger charge is 2.13. The highest BCUT2D eigenvalue weighted by molar-refractivity contribution is 7.99. The molecule has 1 fully saturated rings. The van der Waals surface area contributed by atoms with Crippen LogP contribution in [-0.4, -0.2) is 54.1 Å². The number of nitrogens with zero attached hydrogens (tertiary/aromatic N) is 7. The van der Waals surface area contributed by atoms with Gasteiger partial charge in [-0.25, -0.2) is 9.67 Å². The first-order valence-corrected chi connectivity index (χ1v) is 10.8. The largest absolute Gasteiger partial charge is 0.370 e. The van der Waals surface area contributed by atoms with Gasteiger partial charge in [0.15, 0.2) is 5.65 Å². The number of aryl methyl sites for hydroxylation is 1. The molecule has 0 amide bonds. The van der Waals surface area contributed by atoms with Crippen LogP contribution in [0.4, 0.5) is 17.3 Å². The molecule has 1 aliphatic heterocycles. The van der Waals surface area contributed by atoms with Crippen molar-refractivity contribution in [2.45, 2.75) is 6.54 Å². The quantitative estimate of drug-likeness (QED) is 0.546. The lowest BCUT2D eigenvalue weighted by Gasteiger charge is -2.28.